The summed E-state index contributed by atoms with van der Waals surface area (Å²) in [6.45, 7) is 8.47. The van der Waals surface area contributed by atoms with E-state index < -0.39 is 54.3 Å². The van der Waals surface area contributed by atoms with Crippen molar-refractivity contribution in [2.24, 2.45) is 5.92 Å². The molecule has 406 valence electrons. The number of β-amino-alcohol motifs (C(OH)–C–C–N with tert-alkyl or cyclic N) is 1. The molecule has 1 aliphatic carbocycles. The second-order valence-electron chi connectivity index (χ2n) is 21.1. The van der Waals surface area contributed by atoms with Gasteiger partial charge in [-0.25, -0.2) is 17.9 Å². The molecule has 3 aliphatic heterocycles. The third-order valence-corrected chi connectivity index (χ3v) is 15.3. The maximum atomic E-state index is 16.1. The summed E-state index contributed by atoms with van der Waals surface area (Å²) < 4.78 is 64.4. The number of nitrogens with zero attached hydrogens (tertiary/aromatic N) is 8. The fourth-order valence-electron chi connectivity index (χ4n) is 11.0. The molecule has 4 aromatic carbocycles. The summed E-state index contributed by atoms with van der Waals surface area (Å²) in [4.78, 5) is 41.9. The highest BCUT2D eigenvalue weighted by Crippen LogP contribution is 2.53. The lowest BCUT2D eigenvalue weighted by molar-refractivity contribution is -0.142. The monoisotopic (exact) mass is 1070 g/mol. The van der Waals surface area contributed by atoms with Crippen LogP contribution in [-0.2, 0) is 20.9 Å². The highest BCUT2D eigenvalue weighted by Gasteiger charge is 2.44. The summed E-state index contributed by atoms with van der Waals surface area (Å²) >= 11 is 0. The fraction of sp³-hybridized carbons (Fsp3) is 0.421. The standard InChI is InChI=1S/C57H60F3N11O7/c1-29(2)52(56(75)70-24-39(73)18-47(70)55(74)63-36(26-72)16-15-35-7-6-8-43(58)50(35)60)71-25-46(67-68-71)34-11-9-32(10-12-34)28-77-53-49(48-31(4)44(59)20-45-42(48)22-62-66-45)40(33-13-14-33)19-41-51(53)64-57(78-27-30(3)76-5)65-54(41)69-23-37-17-38(69)21-61-37/h6-12,19-20,22,25,29-30,33,36-39,47,52,61,72-73H,13-14,17-18,21,23-24,26-28H2,1-5H3,(H,62,66)(H,63,74)/t30-,36+,37-,38-,39+,47-,52-/m0/s1. The van der Waals surface area contributed by atoms with Crippen molar-refractivity contribution < 1.29 is 47.2 Å². The highest BCUT2D eigenvalue weighted by molar-refractivity contribution is 6.06. The Bertz CT molecular complexity index is 3490. The van der Waals surface area contributed by atoms with E-state index in [1.54, 1.807) is 26.4 Å². The summed E-state index contributed by atoms with van der Waals surface area (Å²) in [5.41, 5.74) is 5.71. The molecule has 3 saturated heterocycles. The molecule has 78 heavy (non-hydrogen) atoms. The number of H-pyrrole nitrogens is 1. The second kappa shape index (κ2) is 21.6. The van der Waals surface area contributed by atoms with Gasteiger partial charge in [-0.05, 0) is 85.9 Å². The molecular weight excluding hydrogens is 1010 g/mol. The van der Waals surface area contributed by atoms with Crippen LogP contribution in [0, 0.1) is 42.1 Å². The van der Waals surface area contributed by atoms with Crippen molar-refractivity contribution >= 4 is 39.4 Å². The van der Waals surface area contributed by atoms with Crippen molar-refractivity contribution in [2.45, 2.75) is 108 Å². The lowest BCUT2D eigenvalue weighted by Gasteiger charge is -2.30. The minimum Gasteiger partial charge on any atom is -0.486 e. The topological polar surface area (TPSA) is 218 Å². The normalized spacial score (nSPS) is 20.1. The number of methoxy groups -OCH3 is 1. The highest BCUT2D eigenvalue weighted by atomic mass is 19.2. The summed E-state index contributed by atoms with van der Waals surface area (Å²) in [7, 11) is 1.62. The number of fused-ring (bicyclic) bond motifs is 4. The van der Waals surface area contributed by atoms with Crippen LogP contribution in [0.4, 0.5) is 19.0 Å². The Kier molecular flexibility index (Phi) is 14.5. The lowest BCUT2D eigenvalue weighted by Crippen LogP contribution is -2.51. The molecule has 2 amide bonds. The Morgan fingerprint density at radius 3 is 2.50 bits per heavy atom. The summed E-state index contributed by atoms with van der Waals surface area (Å²) in [6.07, 6.45) is 4.95. The number of benzene rings is 4. The van der Waals surface area contributed by atoms with Crippen LogP contribution in [0.1, 0.15) is 80.7 Å². The Hall–Kier alpha value is -7.64. The van der Waals surface area contributed by atoms with Crippen molar-refractivity contribution in [1.82, 2.24) is 50.7 Å². The number of anilines is 1. The first-order valence-electron chi connectivity index (χ1n) is 26.3. The SMILES string of the molecule is CO[C@@H](C)COc1nc(N2C[C@@H]3C[C@H]2CN3)c2cc(C3CC3)c(-c3c(C)c(F)cc4[nH]ncc34)c(OCc3ccc(-c4cn([C@H](C(=O)N5C[C@H](O)C[C@H]5C(=O)N[C@H](C#Cc5cccc(F)c5F)CO)C(C)C)nn4)cc3)c2n1. The number of rotatable bonds is 17. The van der Waals surface area contributed by atoms with Crippen LogP contribution in [0.5, 0.6) is 11.8 Å². The molecular formula is C57H60F3N11O7. The first kappa shape index (κ1) is 52.4. The van der Waals surface area contributed by atoms with Gasteiger partial charge in [-0.15, -0.1) is 5.10 Å². The molecule has 7 aromatic rings. The maximum Gasteiger partial charge on any atom is 0.319 e. The van der Waals surface area contributed by atoms with Gasteiger partial charge in [0.2, 0.25) is 11.8 Å². The number of nitrogens with one attached hydrogen (secondary N) is 3. The number of piperazine rings is 1. The van der Waals surface area contributed by atoms with Crippen LogP contribution in [0.2, 0.25) is 0 Å². The van der Waals surface area contributed by atoms with Gasteiger partial charge in [-0.1, -0.05) is 61.2 Å². The summed E-state index contributed by atoms with van der Waals surface area (Å²) in [6, 6.07) is 12.2. The number of hydrogen-bond donors (Lipinski definition) is 5. The predicted octanol–water partition coefficient (Wildman–Crippen LogP) is 6.27. The average molecular weight is 1070 g/mol. The molecule has 21 heteroatoms. The van der Waals surface area contributed by atoms with E-state index in [2.05, 4.69) is 54.0 Å². The number of carbonyl (C=O) groups excluding carboxylic acids is 2. The molecule has 2 bridgehead atoms. The van der Waals surface area contributed by atoms with Gasteiger partial charge in [0.05, 0.1) is 42.3 Å². The number of likely N-dealkylation sites (tertiary alicyclic amines) is 1. The van der Waals surface area contributed by atoms with E-state index in [0.717, 1.165) is 71.7 Å². The number of halogens is 3. The van der Waals surface area contributed by atoms with Gasteiger partial charge in [-0.2, -0.15) is 15.1 Å². The van der Waals surface area contributed by atoms with Crippen LogP contribution >= 0.6 is 0 Å². The zero-order valence-corrected chi connectivity index (χ0v) is 43.8. The number of hydrogen-bond acceptors (Lipinski definition) is 14. The average Bonchev–Trinajstić information content (AvgIpc) is 4.12. The smallest absolute Gasteiger partial charge is 0.319 e. The zero-order valence-electron chi connectivity index (χ0n) is 43.8. The van der Waals surface area contributed by atoms with Crippen LogP contribution in [-0.4, -0.2) is 138 Å². The van der Waals surface area contributed by atoms with Gasteiger partial charge in [0.1, 0.15) is 54.2 Å². The first-order chi connectivity index (χ1) is 37.7. The van der Waals surface area contributed by atoms with Gasteiger partial charge < -0.3 is 44.9 Å². The molecule has 11 rings (SSSR count). The van der Waals surface area contributed by atoms with Crippen LogP contribution < -0.4 is 25.0 Å². The number of aliphatic hydroxyl groups excluding tert-OH is 2. The number of aromatic nitrogens is 7. The number of amides is 2. The number of aromatic amines is 1. The van der Waals surface area contributed by atoms with E-state index in [1.165, 1.54) is 27.8 Å². The number of ether oxygens (including phenoxy) is 3. The molecule has 3 aromatic heterocycles. The largest absolute Gasteiger partial charge is 0.486 e. The Labute approximate surface area is 447 Å². The van der Waals surface area contributed by atoms with Gasteiger partial charge in [0.25, 0.3) is 0 Å². The molecule has 6 heterocycles. The third-order valence-electron chi connectivity index (χ3n) is 15.3. The van der Waals surface area contributed by atoms with E-state index in [9.17, 15) is 28.6 Å². The Balaban J connectivity index is 0.884. The lowest BCUT2D eigenvalue weighted by atomic mass is 9.88. The van der Waals surface area contributed by atoms with E-state index in [-0.39, 0.29) is 67.6 Å². The van der Waals surface area contributed by atoms with Crippen LogP contribution in [0.25, 0.3) is 44.2 Å². The van der Waals surface area contributed by atoms with Crippen molar-refractivity contribution in [2.75, 3.05) is 44.9 Å². The third kappa shape index (κ3) is 10.2. The van der Waals surface area contributed by atoms with Gasteiger partial charge >= 0.3 is 6.01 Å². The molecule has 18 nitrogen and oxygen atoms in total. The van der Waals surface area contributed by atoms with E-state index in [0.29, 0.717) is 45.2 Å². The van der Waals surface area contributed by atoms with Crippen molar-refractivity contribution in [3.05, 3.63) is 107 Å². The molecule has 5 N–H and O–H groups in total. The molecule has 4 aliphatic rings. The van der Waals surface area contributed by atoms with Gasteiger partial charge in [0, 0.05) is 72.7 Å². The zero-order chi connectivity index (χ0) is 54.5. The molecule has 0 unspecified atom stereocenters. The molecule has 4 fully saturated rings. The predicted molar refractivity (Wildman–Crippen MR) is 283 cm³/mol. The molecule has 0 radical (unpaired) electrons. The number of carbonyl (C=O) groups is 2. The minimum absolute atomic E-state index is 0.0802. The fourth-order valence-corrected chi connectivity index (χ4v) is 11.0. The van der Waals surface area contributed by atoms with Crippen molar-refractivity contribution in [3.63, 3.8) is 0 Å². The van der Waals surface area contributed by atoms with E-state index >= 15 is 4.39 Å². The maximum absolute atomic E-state index is 16.1. The Morgan fingerprint density at radius 1 is 0.974 bits per heavy atom. The molecule has 0 spiro atoms. The summed E-state index contributed by atoms with van der Waals surface area (Å²) in [5, 5.41) is 44.7. The molecule has 1 saturated carbocycles. The second-order valence-corrected chi connectivity index (χ2v) is 21.1. The van der Waals surface area contributed by atoms with Crippen molar-refractivity contribution in [3.8, 4) is 46.0 Å². The summed E-state index contributed by atoms with van der Waals surface area (Å²) in [5.74, 6) is 2.30. The minimum atomic E-state index is -1.18. The van der Waals surface area contributed by atoms with Crippen LogP contribution in [0.15, 0.2) is 67.0 Å². The Morgan fingerprint density at radius 2 is 1.78 bits per heavy atom. The van der Waals surface area contributed by atoms with Gasteiger partial charge in [-0.3, -0.25) is 14.7 Å². The van der Waals surface area contributed by atoms with Crippen LogP contribution in [0.3, 0.4) is 0 Å². The van der Waals surface area contributed by atoms with E-state index in [1.807, 2.05) is 45.0 Å². The molecule has 7 atom stereocenters. The van der Waals surface area contributed by atoms with E-state index in [4.69, 9.17) is 24.2 Å². The van der Waals surface area contributed by atoms with Crippen molar-refractivity contribution in [1.29, 1.82) is 0 Å². The number of aliphatic hydroxyl groups is 2. The quantitative estimate of drug-likeness (QED) is 0.0636. The van der Waals surface area contributed by atoms with Gasteiger partial charge in [0.15, 0.2) is 17.4 Å². The first-order valence-corrected chi connectivity index (χ1v) is 26.3.